The van der Waals surface area contributed by atoms with Gasteiger partial charge in [0.1, 0.15) is 11.6 Å². The summed E-state index contributed by atoms with van der Waals surface area (Å²) in [5, 5.41) is 12.7. The number of rotatable bonds is 4. The highest BCUT2D eigenvalue weighted by Gasteiger charge is 2.10. The fraction of sp³-hybridized carbons (Fsp3) is 0.167. The third-order valence-corrected chi connectivity index (χ3v) is 2.55. The van der Waals surface area contributed by atoms with Gasteiger partial charge in [0.25, 0.3) is 0 Å². The van der Waals surface area contributed by atoms with Gasteiger partial charge in [-0.05, 0) is 17.7 Å². The van der Waals surface area contributed by atoms with E-state index >= 15 is 0 Å². The number of nitrogen functional groups attached to an aromatic ring is 1. The second-order valence-corrected chi connectivity index (χ2v) is 3.91. The normalized spacial score (nSPS) is 10.5. The molecule has 0 aliphatic rings. The summed E-state index contributed by atoms with van der Waals surface area (Å²) in [6.45, 7) is 0.381. The summed E-state index contributed by atoms with van der Waals surface area (Å²) in [5.41, 5.74) is 7.11. The molecule has 1 heterocycles. The molecular weight excluding hydrogens is 237 g/mol. The number of nitrogens with two attached hydrogens (primary N) is 1. The molecule has 0 amide bonds. The van der Waals surface area contributed by atoms with Crippen molar-refractivity contribution >= 4 is 11.8 Å². The van der Waals surface area contributed by atoms with Gasteiger partial charge in [0.15, 0.2) is 0 Å². The minimum absolute atomic E-state index is 0.157. The van der Waals surface area contributed by atoms with Crippen LogP contribution < -0.4 is 5.73 Å². The summed E-state index contributed by atoms with van der Waals surface area (Å²) in [6, 6.07) is 5.97. The molecule has 0 radical (unpaired) electrons. The predicted octanol–water partition coefficient (Wildman–Crippen LogP) is 1.28. The third-order valence-electron chi connectivity index (χ3n) is 2.55. The molecule has 0 unspecified atom stereocenters. The largest absolute Gasteiger partial charge is 0.481 e. The number of anilines is 1. The number of halogens is 1. The topological polar surface area (TPSA) is 81.1 Å². The van der Waals surface area contributed by atoms with Crippen molar-refractivity contribution < 1.29 is 14.3 Å². The highest BCUT2D eigenvalue weighted by molar-refractivity contribution is 5.72. The lowest BCUT2D eigenvalue weighted by Gasteiger charge is -2.05. The molecule has 0 bridgehead atoms. The predicted molar refractivity (Wildman–Crippen MR) is 63.5 cm³/mol. The van der Waals surface area contributed by atoms with Crippen molar-refractivity contribution in [3.63, 3.8) is 0 Å². The first-order valence-corrected chi connectivity index (χ1v) is 5.32. The second-order valence-electron chi connectivity index (χ2n) is 3.91. The summed E-state index contributed by atoms with van der Waals surface area (Å²) in [5.74, 6) is -0.941. The number of carbonyl (C=O) groups is 1. The Morgan fingerprint density at radius 1 is 1.39 bits per heavy atom. The number of hydrogen-bond donors (Lipinski definition) is 2. The molecule has 1 aromatic carbocycles. The summed E-state index contributed by atoms with van der Waals surface area (Å²) >= 11 is 0. The van der Waals surface area contributed by atoms with Crippen molar-refractivity contribution in [2.75, 3.05) is 5.73 Å². The molecule has 18 heavy (non-hydrogen) atoms. The maximum atomic E-state index is 12.7. The van der Waals surface area contributed by atoms with Crippen LogP contribution in [0.5, 0.6) is 0 Å². The first kappa shape index (κ1) is 12.1. The van der Waals surface area contributed by atoms with Crippen LogP contribution in [0.15, 0.2) is 30.5 Å². The van der Waals surface area contributed by atoms with E-state index in [4.69, 9.17) is 10.8 Å². The molecule has 3 N–H and O–H groups in total. The lowest BCUT2D eigenvalue weighted by molar-refractivity contribution is -0.136. The number of carboxylic acids is 1. The zero-order valence-electron chi connectivity index (χ0n) is 9.51. The summed E-state index contributed by atoms with van der Waals surface area (Å²) in [6.07, 6.45) is 1.28. The summed E-state index contributed by atoms with van der Waals surface area (Å²) in [7, 11) is 0. The molecule has 6 heteroatoms. The standard InChI is InChI=1S/C12H12FN3O2/c13-10-3-1-8(2-4-10)7-16-12(14)9(6-15-16)5-11(17)18/h1-4,6H,5,7,14H2,(H,17,18). The molecule has 0 aliphatic heterocycles. The van der Waals surface area contributed by atoms with Gasteiger partial charge >= 0.3 is 5.97 Å². The van der Waals surface area contributed by atoms with Gasteiger partial charge in [-0.3, -0.25) is 4.79 Å². The quantitative estimate of drug-likeness (QED) is 0.855. The van der Waals surface area contributed by atoms with Crippen molar-refractivity contribution in [2.24, 2.45) is 0 Å². The lowest BCUT2D eigenvalue weighted by atomic mass is 10.2. The molecule has 0 aliphatic carbocycles. The van der Waals surface area contributed by atoms with Crippen LogP contribution in [-0.4, -0.2) is 20.9 Å². The molecule has 5 nitrogen and oxygen atoms in total. The van der Waals surface area contributed by atoms with Gasteiger partial charge in [0, 0.05) is 5.56 Å². The van der Waals surface area contributed by atoms with Crippen LogP contribution in [0.25, 0.3) is 0 Å². The molecule has 0 fully saturated rings. The van der Waals surface area contributed by atoms with Gasteiger partial charge in [0.05, 0.1) is 19.2 Å². The number of nitrogens with zero attached hydrogens (tertiary/aromatic N) is 2. The van der Waals surface area contributed by atoms with E-state index in [1.807, 2.05) is 0 Å². The van der Waals surface area contributed by atoms with Crippen LogP contribution in [0.2, 0.25) is 0 Å². The molecule has 2 rings (SSSR count). The average molecular weight is 249 g/mol. The van der Waals surface area contributed by atoms with E-state index in [0.717, 1.165) is 5.56 Å². The van der Waals surface area contributed by atoms with E-state index in [1.165, 1.54) is 23.0 Å². The maximum absolute atomic E-state index is 12.7. The van der Waals surface area contributed by atoms with Gasteiger partial charge in [-0.1, -0.05) is 12.1 Å². The van der Waals surface area contributed by atoms with Crippen LogP contribution in [0, 0.1) is 5.82 Å². The Hall–Kier alpha value is -2.37. The van der Waals surface area contributed by atoms with Crippen LogP contribution in [0.4, 0.5) is 10.2 Å². The number of carboxylic acid groups (broad SMARTS) is 1. The van der Waals surface area contributed by atoms with E-state index in [2.05, 4.69) is 5.10 Å². The average Bonchev–Trinajstić information content (AvgIpc) is 2.64. The van der Waals surface area contributed by atoms with Gasteiger partial charge in [0.2, 0.25) is 0 Å². The second kappa shape index (κ2) is 4.87. The van der Waals surface area contributed by atoms with Gasteiger partial charge in [-0.25, -0.2) is 9.07 Å². The molecule has 1 aromatic heterocycles. The summed E-state index contributed by atoms with van der Waals surface area (Å²) in [4.78, 5) is 10.6. The first-order chi connectivity index (χ1) is 8.56. The molecular formula is C12H12FN3O2. The van der Waals surface area contributed by atoms with E-state index in [-0.39, 0.29) is 12.2 Å². The Bertz CT molecular complexity index is 563. The molecule has 0 saturated heterocycles. The zero-order valence-corrected chi connectivity index (χ0v) is 9.51. The number of benzene rings is 1. The Morgan fingerprint density at radius 2 is 2.06 bits per heavy atom. The Morgan fingerprint density at radius 3 is 2.67 bits per heavy atom. The van der Waals surface area contributed by atoms with Crippen LogP contribution in [0.1, 0.15) is 11.1 Å². The van der Waals surface area contributed by atoms with Crippen LogP contribution in [0.3, 0.4) is 0 Å². The van der Waals surface area contributed by atoms with E-state index in [1.54, 1.807) is 12.1 Å². The molecule has 2 aromatic rings. The van der Waals surface area contributed by atoms with E-state index < -0.39 is 5.97 Å². The van der Waals surface area contributed by atoms with Crippen molar-refractivity contribution in [3.05, 3.63) is 47.4 Å². The van der Waals surface area contributed by atoms with Crippen molar-refractivity contribution in [1.82, 2.24) is 9.78 Å². The van der Waals surface area contributed by atoms with Crippen LogP contribution in [-0.2, 0) is 17.8 Å². The van der Waals surface area contributed by atoms with Crippen molar-refractivity contribution in [1.29, 1.82) is 0 Å². The number of aromatic nitrogens is 2. The molecule has 94 valence electrons. The van der Waals surface area contributed by atoms with Gasteiger partial charge in [-0.2, -0.15) is 5.10 Å². The zero-order chi connectivity index (χ0) is 13.1. The van der Waals surface area contributed by atoms with Crippen LogP contribution >= 0.6 is 0 Å². The Balaban J connectivity index is 2.17. The van der Waals surface area contributed by atoms with E-state index in [9.17, 15) is 9.18 Å². The Kier molecular flexibility index (Phi) is 3.27. The smallest absolute Gasteiger partial charge is 0.308 e. The summed E-state index contributed by atoms with van der Waals surface area (Å²) < 4.78 is 14.2. The Labute approximate surface area is 103 Å². The number of hydrogen-bond acceptors (Lipinski definition) is 3. The highest BCUT2D eigenvalue weighted by atomic mass is 19.1. The molecule has 0 spiro atoms. The number of aliphatic carboxylic acids is 1. The monoisotopic (exact) mass is 249 g/mol. The maximum Gasteiger partial charge on any atom is 0.308 e. The first-order valence-electron chi connectivity index (χ1n) is 5.32. The highest BCUT2D eigenvalue weighted by Crippen LogP contribution is 2.14. The fourth-order valence-corrected chi connectivity index (χ4v) is 1.62. The molecule has 0 saturated carbocycles. The van der Waals surface area contributed by atoms with E-state index in [0.29, 0.717) is 17.9 Å². The van der Waals surface area contributed by atoms with Crippen molar-refractivity contribution in [3.8, 4) is 0 Å². The minimum Gasteiger partial charge on any atom is -0.481 e. The minimum atomic E-state index is -0.956. The third kappa shape index (κ3) is 2.65. The van der Waals surface area contributed by atoms with Gasteiger partial charge in [-0.15, -0.1) is 0 Å². The van der Waals surface area contributed by atoms with Gasteiger partial charge < -0.3 is 10.8 Å². The fourth-order valence-electron chi connectivity index (χ4n) is 1.62. The van der Waals surface area contributed by atoms with Crippen molar-refractivity contribution in [2.45, 2.75) is 13.0 Å². The molecule has 0 atom stereocenters. The lowest BCUT2D eigenvalue weighted by Crippen LogP contribution is -2.08. The SMILES string of the molecule is Nc1c(CC(=O)O)cnn1Cc1ccc(F)cc1.